The van der Waals surface area contributed by atoms with Gasteiger partial charge in [0.25, 0.3) is 0 Å². The van der Waals surface area contributed by atoms with Crippen molar-refractivity contribution in [1.29, 1.82) is 0 Å². The number of unbranched alkanes of at least 4 members (excludes halogenated alkanes) is 8. The average molecular weight is 307 g/mol. The number of amides is 1. The second kappa shape index (κ2) is 11.2. The summed E-state index contributed by atoms with van der Waals surface area (Å²) in [6.07, 6.45) is 11.6. The van der Waals surface area contributed by atoms with Gasteiger partial charge in [-0.15, -0.1) is 0 Å². The first-order chi connectivity index (χ1) is 10.7. The highest BCUT2D eigenvalue weighted by atomic mass is 19.1. The van der Waals surface area contributed by atoms with Crippen LogP contribution in [0.15, 0.2) is 24.3 Å². The van der Waals surface area contributed by atoms with Crippen LogP contribution < -0.4 is 4.90 Å². The van der Waals surface area contributed by atoms with Crippen LogP contribution in [0.25, 0.3) is 0 Å². The summed E-state index contributed by atoms with van der Waals surface area (Å²) in [6, 6.07) is 6.42. The molecule has 1 aromatic rings. The molecule has 0 aliphatic rings. The average Bonchev–Trinajstić information content (AvgIpc) is 2.53. The third-order valence-electron chi connectivity index (χ3n) is 4.08. The van der Waals surface area contributed by atoms with E-state index in [9.17, 15) is 9.18 Å². The number of benzene rings is 1. The molecule has 0 heterocycles. The molecule has 0 fully saturated rings. The van der Waals surface area contributed by atoms with Crippen LogP contribution >= 0.6 is 0 Å². The van der Waals surface area contributed by atoms with Crippen molar-refractivity contribution in [2.45, 2.75) is 71.1 Å². The summed E-state index contributed by atoms with van der Waals surface area (Å²) >= 11 is 0. The van der Waals surface area contributed by atoms with Crippen LogP contribution in [0.4, 0.5) is 10.1 Å². The second-order valence-corrected chi connectivity index (χ2v) is 5.98. The van der Waals surface area contributed by atoms with Crippen molar-refractivity contribution in [2.75, 3.05) is 11.9 Å². The van der Waals surface area contributed by atoms with Gasteiger partial charge in [0.15, 0.2) is 0 Å². The van der Waals surface area contributed by atoms with E-state index in [1.807, 2.05) is 0 Å². The molecule has 22 heavy (non-hydrogen) atoms. The number of anilines is 1. The minimum Gasteiger partial charge on any atom is -0.313 e. The lowest BCUT2D eigenvalue weighted by atomic mass is 10.1. The number of nitrogens with zero attached hydrogens (tertiary/aromatic N) is 1. The Morgan fingerprint density at radius 3 is 2.09 bits per heavy atom. The van der Waals surface area contributed by atoms with E-state index < -0.39 is 0 Å². The molecule has 0 atom stereocenters. The van der Waals surface area contributed by atoms with Gasteiger partial charge in [-0.3, -0.25) is 4.79 Å². The van der Waals surface area contributed by atoms with E-state index >= 15 is 0 Å². The first-order valence-electron chi connectivity index (χ1n) is 8.68. The maximum Gasteiger partial charge on any atom is 0.226 e. The van der Waals surface area contributed by atoms with Gasteiger partial charge in [0, 0.05) is 13.5 Å². The van der Waals surface area contributed by atoms with E-state index in [1.54, 1.807) is 25.2 Å². The van der Waals surface area contributed by atoms with Crippen molar-refractivity contribution in [1.82, 2.24) is 0 Å². The smallest absolute Gasteiger partial charge is 0.226 e. The first kappa shape index (κ1) is 18.7. The summed E-state index contributed by atoms with van der Waals surface area (Å²) in [5, 5.41) is 0. The molecular formula is C19H30FNO. The van der Waals surface area contributed by atoms with Gasteiger partial charge in [0.05, 0.1) is 5.69 Å². The van der Waals surface area contributed by atoms with Gasteiger partial charge >= 0.3 is 0 Å². The zero-order valence-corrected chi connectivity index (χ0v) is 14.1. The van der Waals surface area contributed by atoms with Crippen LogP contribution in [0.1, 0.15) is 71.1 Å². The van der Waals surface area contributed by atoms with Crippen molar-refractivity contribution in [3.05, 3.63) is 30.1 Å². The Labute approximate surface area is 134 Å². The summed E-state index contributed by atoms with van der Waals surface area (Å²) < 4.78 is 13.6. The maximum absolute atomic E-state index is 13.6. The third-order valence-corrected chi connectivity index (χ3v) is 4.08. The van der Waals surface area contributed by atoms with Gasteiger partial charge in [0.2, 0.25) is 5.91 Å². The fourth-order valence-corrected chi connectivity index (χ4v) is 2.61. The fourth-order valence-electron chi connectivity index (χ4n) is 2.61. The number of carbonyl (C=O) groups is 1. The molecule has 0 aliphatic heterocycles. The first-order valence-corrected chi connectivity index (χ1v) is 8.68. The Morgan fingerprint density at radius 1 is 0.955 bits per heavy atom. The summed E-state index contributed by atoms with van der Waals surface area (Å²) in [5.74, 6) is -0.349. The van der Waals surface area contributed by atoms with Crippen molar-refractivity contribution < 1.29 is 9.18 Å². The molecule has 0 saturated carbocycles. The minimum atomic E-state index is -0.342. The van der Waals surface area contributed by atoms with Crippen LogP contribution in [0.3, 0.4) is 0 Å². The maximum atomic E-state index is 13.6. The van der Waals surface area contributed by atoms with Crippen LogP contribution in [0.5, 0.6) is 0 Å². The summed E-state index contributed by atoms with van der Waals surface area (Å²) in [4.78, 5) is 13.5. The lowest BCUT2D eigenvalue weighted by Gasteiger charge is -2.17. The molecule has 0 N–H and O–H groups in total. The molecule has 1 amide bonds. The van der Waals surface area contributed by atoms with Crippen LogP contribution in [-0.2, 0) is 4.79 Å². The normalized spacial score (nSPS) is 10.7. The predicted molar refractivity (Wildman–Crippen MR) is 91.7 cm³/mol. The van der Waals surface area contributed by atoms with E-state index in [2.05, 4.69) is 6.92 Å². The van der Waals surface area contributed by atoms with Gasteiger partial charge in [-0.1, -0.05) is 70.4 Å². The molecule has 0 spiro atoms. The molecule has 1 aromatic carbocycles. The molecule has 0 aromatic heterocycles. The van der Waals surface area contributed by atoms with Crippen LogP contribution in [-0.4, -0.2) is 13.0 Å². The standard InChI is InChI=1S/C19H30FNO/c1-3-4-5-6-7-8-9-10-11-16-19(22)21(2)18-15-13-12-14-17(18)20/h12-15H,3-11,16H2,1-2H3. The van der Waals surface area contributed by atoms with E-state index in [4.69, 9.17) is 0 Å². The fraction of sp³-hybridized carbons (Fsp3) is 0.632. The monoisotopic (exact) mass is 307 g/mol. The van der Waals surface area contributed by atoms with Crippen LogP contribution in [0, 0.1) is 5.82 Å². The van der Waals surface area contributed by atoms with Gasteiger partial charge in [0.1, 0.15) is 5.82 Å². The largest absolute Gasteiger partial charge is 0.313 e. The van der Waals surface area contributed by atoms with Crippen molar-refractivity contribution in [2.24, 2.45) is 0 Å². The number of carbonyl (C=O) groups excluding carboxylic acids is 1. The van der Waals surface area contributed by atoms with Gasteiger partial charge in [-0.2, -0.15) is 0 Å². The topological polar surface area (TPSA) is 20.3 Å². The Hall–Kier alpha value is -1.38. The molecular weight excluding hydrogens is 277 g/mol. The highest BCUT2D eigenvalue weighted by Gasteiger charge is 2.13. The number of halogens is 1. The molecule has 0 radical (unpaired) electrons. The molecule has 0 unspecified atom stereocenters. The summed E-state index contributed by atoms with van der Waals surface area (Å²) in [6.45, 7) is 2.23. The van der Waals surface area contributed by atoms with Gasteiger partial charge < -0.3 is 4.90 Å². The van der Waals surface area contributed by atoms with Gasteiger partial charge in [-0.25, -0.2) is 4.39 Å². The van der Waals surface area contributed by atoms with E-state index in [0.717, 1.165) is 12.8 Å². The van der Waals surface area contributed by atoms with E-state index in [0.29, 0.717) is 12.1 Å². The van der Waals surface area contributed by atoms with E-state index in [-0.39, 0.29) is 11.7 Å². The zero-order valence-electron chi connectivity index (χ0n) is 14.1. The summed E-state index contributed by atoms with van der Waals surface area (Å²) in [5.41, 5.74) is 0.364. The Balaban J connectivity index is 2.12. The molecule has 0 saturated heterocycles. The SMILES string of the molecule is CCCCCCCCCCCC(=O)N(C)c1ccccc1F. The Bertz CT molecular complexity index is 433. The number of hydrogen-bond acceptors (Lipinski definition) is 1. The number of para-hydroxylation sites is 1. The quantitative estimate of drug-likeness (QED) is 0.479. The second-order valence-electron chi connectivity index (χ2n) is 5.98. The molecule has 1 rings (SSSR count). The van der Waals surface area contributed by atoms with Crippen molar-refractivity contribution >= 4 is 11.6 Å². The molecule has 3 heteroatoms. The highest BCUT2D eigenvalue weighted by Crippen LogP contribution is 2.18. The lowest BCUT2D eigenvalue weighted by molar-refractivity contribution is -0.118. The van der Waals surface area contributed by atoms with Crippen molar-refractivity contribution in [3.63, 3.8) is 0 Å². The van der Waals surface area contributed by atoms with Crippen LogP contribution in [0.2, 0.25) is 0 Å². The molecule has 124 valence electrons. The molecule has 0 aliphatic carbocycles. The van der Waals surface area contributed by atoms with Crippen molar-refractivity contribution in [3.8, 4) is 0 Å². The Morgan fingerprint density at radius 2 is 1.50 bits per heavy atom. The third kappa shape index (κ3) is 7.06. The molecule has 2 nitrogen and oxygen atoms in total. The predicted octanol–water partition coefficient (Wildman–Crippen LogP) is 5.71. The minimum absolute atomic E-state index is 0.00644. The van der Waals surface area contributed by atoms with E-state index in [1.165, 1.54) is 55.9 Å². The number of hydrogen-bond donors (Lipinski definition) is 0. The summed E-state index contributed by atoms with van der Waals surface area (Å²) in [7, 11) is 1.65. The zero-order chi connectivity index (χ0) is 16.2. The lowest BCUT2D eigenvalue weighted by Crippen LogP contribution is -2.26. The Kier molecular flexibility index (Phi) is 9.52. The van der Waals surface area contributed by atoms with Gasteiger partial charge in [-0.05, 0) is 18.6 Å². The number of rotatable bonds is 11. The highest BCUT2D eigenvalue weighted by molar-refractivity contribution is 5.92. The molecule has 0 bridgehead atoms.